The molecule has 1 atom stereocenters. The zero-order valence-electron chi connectivity index (χ0n) is 6.62. The van der Waals surface area contributed by atoms with Crippen molar-refractivity contribution >= 4 is 36.9 Å². The van der Waals surface area contributed by atoms with Gasteiger partial charge in [0, 0.05) is 6.42 Å². The van der Waals surface area contributed by atoms with E-state index in [0.717, 1.165) is 5.75 Å². The number of rotatable bonds is 3. The zero-order valence-corrected chi connectivity index (χ0v) is 10.0. The summed E-state index contributed by atoms with van der Waals surface area (Å²) in [6.45, 7) is 0. The molecule has 0 spiro atoms. The van der Waals surface area contributed by atoms with Gasteiger partial charge in [-0.3, -0.25) is 9.09 Å². The summed E-state index contributed by atoms with van der Waals surface area (Å²) in [6.07, 6.45) is 1.04. The maximum atomic E-state index is 10.5. The van der Waals surface area contributed by atoms with Gasteiger partial charge in [0.15, 0.2) is 5.76 Å². The fourth-order valence-corrected chi connectivity index (χ4v) is 3.93. The van der Waals surface area contributed by atoms with Crippen molar-refractivity contribution in [3.8, 4) is 0 Å². The summed E-state index contributed by atoms with van der Waals surface area (Å²) < 4.78 is 15.8. The van der Waals surface area contributed by atoms with Crippen molar-refractivity contribution in [2.45, 2.75) is 6.42 Å². The van der Waals surface area contributed by atoms with E-state index in [1.54, 1.807) is 11.4 Å². The third kappa shape index (κ3) is 5.11. The second-order valence-corrected chi connectivity index (χ2v) is 8.88. The summed E-state index contributed by atoms with van der Waals surface area (Å²) in [5, 5.41) is 0. The molecule has 0 saturated heterocycles. The van der Waals surface area contributed by atoms with Gasteiger partial charge < -0.3 is 9.79 Å². The molecule has 0 aromatic carbocycles. The highest BCUT2D eigenvalue weighted by Crippen LogP contribution is 2.46. The van der Waals surface area contributed by atoms with E-state index in [9.17, 15) is 4.57 Å². The van der Waals surface area contributed by atoms with E-state index in [1.807, 2.05) is 6.08 Å². The van der Waals surface area contributed by atoms with E-state index in [-0.39, 0.29) is 12.6 Å². The standard InChI is InChI=1S/C5H8O4P2S2/c6-11(7,8)3-1-5-2-4-13-10(12)9-5/h2H,1,3-4H2,(H-,6,7,8)/p+1. The lowest BCUT2D eigenvalue weighted by atomic mass is 10.4. The summed E-state index contributed by atoms with van der Waals surface area (Å²) in [6, 6.07) is 0. The summed E-state index contributed by atoms with van der Waals surface area (Å²) >= 11 is 6.49. The fourth-order valence-electron chi connectivity index (χ4n) is 0.754. The third-order valence-corrected chi connectivity index (χ3v) is 5.52. The van der Waals surface area contributed by atoms with Crippen LogP contribution < -0.4 is 0 Å². The number of allylic oxidation sites excluding steroid dienone is 1. The Morgan fingerprint density at radius 2 is 2.46 bits per heavy atom. The van der Waals surface area contributed by atoms with Crippen LogP contribution in [0.15, 0.2) is 11.8 Å². The summed E-state index contributed by atoms with van der Waals surface area (Å²) in [5.41, 5.74) is 0. The average Bonchev–Trinajstić information content (AvgIpc) is 2.00. The van der Waals surface area contributed by atoms with Gasteiger partial charge in [-0.25, -0.2) is 0 Å². The van der Waals surface area contributed by atoms with Crippen molar-refractivity contribution in [3.05, 3.63) is 11.8 Å². The van der Waals surface area contributed by atoms with Gasteiger partial charge in [0.2, 0.25) is 11.8 Å². The van der Waals surface area contributed by atoms with Gasteiger partial charge in [-0.2, -0.15) is 0 Å². The van der Waals surface area contributed by atoms with Crippen LogP contribution in [0.3, 0.4) is 0 Å². The molecular formula is C5H9O4P2S2+. The monoisotopic (exact) mass is 259 g/mol. The lowest BCUT2D eigenvalue weighted by Crippen LogP contribution is -1.95. The largest absolute Gasteiger partial charge is 0.463 e. The van der Waals surface area contributed by atoms with Crippen LogP contribution in [0, 0.1) is 0 Å². The Bertz CT molecular complexity index is 284. The van der Waals surface area contributed by atoms with Crippen LogP contribution in [-0.2, 0) is 20.9 Å². The van der Waals surface area contributed by atoms with E-state index in [2.05, 4.69) is 0 Å². The highest BCUT2D eigenvalue weighted by Gasteiger charge is 2.24. The van der Waals surface area contributed by atoms with Crippen LogP contribution in [0.25, 0.3) is 0 Å². The smallest absolute Gasteiger partial charge is 0.324 e. The van der Waals surface area contributed by atoms with Crippen molar-refractivity contribution in [2.24, 2.45) is 0 Å². The number of hydrogen-bond donors (Lipinski definition) is 2. The molecule has 1 rings (SSSR count). The maximum Gasteiger partial charge on any atom is 0.463 e. The summed E-state index contributed by atoms with van der Waals surface area (Å²) in [7, 11) is -3.91. The summed E-state index contributed by atoms with van der Waals surface area (Å²) in [4.78, 5) is 17.2. The Balaban J connectivity index is 2.41. The highest BCUT2D eigenvalue weighted by atomic mass is 32.9. The average molecular weight is 259 g/mol. The van der Waals surface area contributed by atoms with E-state index in [4.69, 9.17) is 26.1 Å². The molecular weight excluding hydrogens is 250 g/mol. The molecule has 0 aromatic heterocycles. The molecule has 0 saturated carbocycles. The lowest BCUT2D eigenvalue weighted by molar-refractivity contribution is 0.368. The first-order valence-corrected chi connectivity index (χ1v) is 9.15. The minimum atomic E-state index is -3.91. The topological polar surface area (TPSA) is 66.8 Å². The Morgan fingerprint density at radius 3 is 3.00 bits per heavy atom. The predicted octanol–water partition coefficient (Wildman–Crippen LogP) is 1.98. The minimum absolute atomic E-state index is 0.165. The third-order valence-electron chi connectivity index (χ3n) is 1.33. The van der Waals surface area contributed by atoms with Crippen molar-refractivity contribution < 1.29 is 18.9 Å². The van der Waals surface area contributed by atoms with Gasteiger partial charge >= 0.3 is 13.7 Å². The van der Waals surface area contributed by atoms with E-state index in [1.165, 1.54) is 0 Å². The van der Waals surface area contributed by atoms with Gasteiger partial charge in [0.05, 0.1) is 11.9 Å². The Morgan fingerprint density at radius 1 is 1.77 bits per heavy atom. The molecule has 74 valence electrons. The molecule has 0 bridgehead atoms. The molecule has 13 heavy (non-hydrogen) atoms. The van der Waals surface area contributed by atoms with Gasteiger partial charge in [-0.1, -0.05) is 0 Å². The van der Waals surface area contributed by atoms with Crippen molar-refractivity contribution in [3.63, 3.8) is 0 Å². The molecule has 1 aliphatic heterocycles. The van der Waals surface area contributed by atoms with Gasteiger partial charge in [-0.05, 0) is 6.08 Å². The fraction of sp³-hybridized carbons (Fsp3) is 0.600. The quantitative estimate of drug-likeness (QED) is 0.755. The van der Waals surface area contributed by atoms with Crippen LogP contribution in [0.4, 0.5) is 0 Å². The Labute approximate surface area is 86.2 Å². The summed E-state index contributed by atoms with van der Waals surface area (Å²) in [5.74, 6) is 1.41. The first kappa shape index (κ1) is 11.6. The van der Waals surface area contributed by atoms with E-state index < -0.39 is 13.7 Å². The first-order chi connectivity index (χ1) is 5.97. The Kier molecular flexibility index (Phi) is 4.36. The van der Waals surface area contributed by atoms with Gasteiger partial charge in [-0.15, -0.1) is 0 Å². The second kappa shape index (κ2) is 4.87. The van der Waals surface area contributed by atoms with Crippen molar-refractivity contribution in [1.29, 1.82) is 0 Å². The molecule has 0 aliphatic carbocycles. The molecule has 4 nitrogen and oxygen atoms in total. The molecule has 0 amide bonds. The van der Waals surface area contributed by atoms with Crippen LogP contribution >= 0.6 is 25.1 Å². The van der Waals surface area contributed by atoms with Crippen LogP contribution in [0.2, 0.25) is 0 Å². The van der Waals surface area contributed by atoms with Crippen molar-refractivity contribution in [1.82, 2.24) is 0 Å². The minimum Gasteiger partial charge on any atom is -0.324 e. The van der Waals surface area contributed by atoms with Crippen LogP contribution in [0.1, 0.15) is 6.42 Å². The second-order valence-electron chi connectivity index (χ2n) is 2.42. The predicted molar refractivity (Wildman–Crippen MR) is 57.4 cm³/mol. The van der Waals surface area contributed by atoms with Crippen LogP contribution in [0.5, 0.6) is 0 Å². The molecule has 1 unspecified atom stereocenters. The van der Waals surface area contributed by atoms with Gasteiger partial charge in [0.25, 0.3) is 0 Å². The SMILES string of the molecule is O=P(O)(O)CCC1=CCS[P+](=S)O1. The molecule has 0 radical (unpaired) electrons. The lowest BCUT2D eigenvalue weighted by Gasteiger charge is -2.06. The zero-order chi connectivity index (χ0) is 9.90. The normalized spacial score (nSPS) is 20.8. The molecule has 0 aromatic rings. The number of hydrogen-bond acceptors (Lipinski definition) is 4. The molecule has 1 heterocycles. The molecule has 8 heteroatoms. The maximum absolute atomic E-state index is 10.5. The Hall–Kier alpha value is 0.560. The molecule has 0 fully saturated rings. The molecule has 1 aliphatic rings. The molecule has 2 N–H and O–H groups in total. The van der Waals surface area contributed by atoms with E-state index in [0.29, 0.717) is 5.76 Å². The first-order valence-electron chi connectivity index (χ1n) is 3.49. The van der Waals surface area contributed by atoms with Crippen molar-refractivity contribution in [2.75, 3.05) is 11.9 Å². The van der Waals surface area contributed by atoms with Gasteiger partial charge in [0.1, 0.15) is 11.4 Å². The van der Waals surface area contributed by atoms with Crippen LogP contribution in [-0.4, -0.2) is 21.7 Å². The van der Waals surface area contributed by atoms with E-state index >= 15 is 0 Å². The highest BCUT2D eigenvalue weighted by molar-refractivity contribution is 8.62.